The minimum atomic E-state index is -4.50. The van der Waals surface area contributed by atoms with Crippen molar-refractivity contribution in [2.75, 3.05) is 23.3 Å². The lowest BCUT2D eigenvalue weighted by Crippen LogP contribution is -2.38. The van der Waals surface area contributed by atoms with Gasteiger partial charge in [0.15, 0.2) is 0 Å². The van der Waals surface area contributed by atoms with Gasteiger partial charge in [-0.15, -0.1) is 0 Å². The number of alkyl halides is 3. The monoisotopic (exact) mass is 428 g/mol. The lowest BCUT2D eigenvalue weighted by Gasteiger charge is -2.32. The number of hydrogen-bond donors (Lipinski definition) is 1. The van der Waals surface area contributed by atoms with Gasteiger partial charge in [0.05, 0.1) is 0 Å². The molecule has 138 valence electrons. The van der Waals surface area contributed by atoms with Crippen LogP contribution >= 0.6 is 15.9 Å². The summed E-state index contributed by atoms with van der Waals surface area (Å²) in [7, 11) is 0. The number of piperidine rings is 1. The Labute approximate surface area is 156 Å². The summed E-state index contributed by atoms with van der Waals surface area (Å²) in [5.74, 6) is -0.0336. The number of nitrogens with one attached hydrogen (secondary N) is 1. The predicted octanol–water partition coefficient (Wildman–Crippen LogP) is 4.11. The van der Waals surface area contributed by atoms with Crippen molar-refractivity contribution in [3.63, 3.8) is 0 Å². The largest absolute Gasteiger partial charge is 0.433 e. The van der Waals surface area contributed by atoms with E-state index in [9.17, 15) is 18.0 Å². The van der Waals surface area contributed by atoms with E-state index in [1.165, 1.54) is 0 Å². The van der Waals surface area contributed by atoms with Gasteiger partial charge in [-0.2, -0.15) is 13.2 Å². The first-order valence-corrected chi connectivity index (χ1v) is 8.83. The van der Waals surface area contributed by atoms with Gasteiger partial charge in [0.2, 0.25) is 5.91 Å². The molecule has 0 atom stereocenters. The second-order valence-corrected chi connectivity index (χ2v) is 6.94. The zero-order valence-electron chi connectivity index (χ0n) is 13.6. The molecule has 1 aromatic heterocycles. The van der Waals surface area contributed by atoms with Gasteiger partial charge in [0, 0.05) is 35.2 Å². The van der Waals surface area contributed by atoms with Gasteiger partial charge < -0.3 is 10.2 Å². The minimum absolute atomic E-state index is 0.0820. The topological polar surface area (TPSA) is 58.1 Å². The van der Waals surface area contributed by atoms with Crippen LogP contribution in [0.5, 0.6) is 0 Å². The van der Waals surface area contributed by atoms with Gasteiger partial charge >= 0.3 is 6.18 Å². The standard InChI is InChI=1S/C17H16BrF3N4O/c18-12-2-1-3-13(8-12)24-16(26)11-4-6-25(7-5-11)15-9-14(17(19,20)21)22-10-23-15/h1-3,8-11H,4-7H2,(H,24,26). The van der Waals surface area contributed by atoms with E-state index < -0.39 is 11.9 Å². The maximum absolute atomic E-state index is 12.8. The highest BCUT2D eigenvalue weighted by molar-refractivity contribution is 9.10. The zero-order chi connectivity index (χ0) is 18.7. The third kappa shape index (κ3) is 4.51. The second kappa shape index (κ2) is 7.61. The van der Waals surface area contributed by atoms with Crippen LogP contribution in [0.1, 0.15) is 18.5 Å². The molecule has 1 saturated heterocycles. The summed E-state index contributed by atoms with van der Waals surface area (Å²) >= 11 is 3.35. The van der Waals surface area contributed by atoms with Gasteiger partial charge in [-0.1, -0.05) is 22.0 Å². The Morgan fingerprint density at radius 1 is 1.19 bits per heavy atom. The molecule has 1 amide bonds. The van der Waals surface area contributed by atoms with E-state index in [4.69, 9.17) is 0 Å². The minimum Gasteiger partial charge on any atom is -0.356 e. The summed E-state index contributed by atoms with van der Waals surface area (Å²) in [6.07, 6.45) is -2.49. The van der Waals surface area contributed by atoms with E-state index in [0.29, 0.717) is 31.6 Å². The highest BCUT2D eigenvalue weighted by Gasteiger charge is 2.34. The number of benzene rings is 1. The Kier molecular flexibility index (Phi) is 5.45. The van der Waals surface area contributed by atoms with Crippen LogP contribution in [0.4, 0.5) is 24.7 Å². The van der Waals surface area contributed by atoms with Crippen molar-refractivity contribution in [2.45, 2.75) is 19.0 Å². The van der Waals surface area contributed by atoms with Crippen molar-refractivity contribution in [2.24, 2.45) is 5.92 Å². The molecule has 3 rings (SSSR count). The second-order valence-electron chi connectivity index (χ2n) is 6.02. The molecule has 26 heavy (non-hydrogen) atoms. The molecule has 5 nitrogen and oxygen atoms in total. The van der Waals surface area contributed by atoms with Crippen molar-refractivity contribution < 1.29 is 18.0 Å². The van der Waals surface area contributed by atoms with Crippen LogP contribution in [-0.4, -0.2) is 29.0 Å². The molecule has 1 aliphatic rings. The van der Waals surface area contributed by atoms with Gasteiger partial charge in [-0.25, -0.2) is 9.97 Å². The summed E-state index contributed by atoms with van der Waals surface area (Å²) in [6.45, 7) is 0.926. The average molecular weight is 429 g/mol. The highest BCUT2D eigenvalue weighted by Crippen LogP contribution is 2.30. The van der Waals surface area contributed by atoms with Gasteiger partial charge in [-0.05, 0) is 31.0 Å². The summed E-state index contributed by atoms with van der Waals surface area (Å²) in [5.41, 5.74) is -0.255. The molecule has 1 fully saturated rings. The fourth-order valence-corrected chi connectivity index (χ4v) is 3.26. The Morgan fingerprint density at radius 2 is 1.92 bits per heavy atom. The van der Waals surface area contributed by atoms with E-state index in [1.54, 1.807) is 11.0 Å². The van der Waals surface area contributed by atoms with E-state index >= 15 is 0 Å². The van der Waals surface area contributed by atoms with Crippen LogP contribution in [0, 0.1) is 5.92 Å². The third-order valence-corrected chi connectivity index (χ3v) is 4.72. The van der Waals surface area contributed by atoms with E-state index in [0.717, 1.165) is 16.9 Å². The normalized spacial score (nSPS) is 15.8. The van der Waals surface area contributed by atoms with Crippen molar-refractivity contribution in [1.82, 2.24) is 9.97 Å². The molecule has 9 heteroatoms. The van der Waals surface area contributed by atoms with Gasteiger partial charge in [0.25, 0.3) is 0 Å². The molecule has 1 N–H and O–H groups in total. The first-order valence-electron chi connectivity index (χ1n) is 8.03. The van der Waals surface area contributed by atoms with E-state index in [2.05, 4.69) is 31.2 Å². The van der Waals surface area contributed by atoms with Crippen LogP contribution in [0.15, 0.2) is 41.1 Å². The Bertz CT molecular complexity index is 792. The Balaban J connectivity index is 1.60. The predicted molar refractivity (Wildman–Crippen MR) is 94.7 cm³/mol. The number of amides is 1. The van der Waals surface area contributed by atoms with E-state index in [1.807, 2.05) is 18.2 Å². The fraction of sp³-hybridized carbons (Fsp3) is 0.353. The number of halogens is 4. The van der Waals surface area contributed by atoms with Crippen molar-refractivity contribution in [1.29, 1.82) is 0 Å². The number of carbonyl (C=O) groups is 1. The Hall–Kier alpha value is -2.16. The molecule has 0 unspecified atom stereocenters. The smallest absolute Gasteiger partial charge is 0.356 e. The summed E-state index contributed by atoms with van der Waals surface area (Å²) in [6, 6.07) is 8.26. The molecule has 0 spiro atoms. The quantitative estimate of drug-likeness (QED) is 0.798. The first kappa shape index (κ1) is 18.6. The van der Waals surface area contributed by atoms with Crippen LogP contribution in [0.25, 0.3) is 0 Å². The molecule has 0 saturated carbocycles. The average Bonchev–Trinajstić information content (AvgIpc) is 2.61. The van der Waals surface area contributed by atoms with Crippen LogP contribution in [0.3, 0.4) is 0 Å². The molecule has 1 aliphatic heterocycles. The van der Waals surface area contributed by atoms with Crippen molar-refractivity contribution in [3.05, 3.63) is 46.8 Å². The number of rotatable bonds is 3. The van der Waals surface area contributed by atoms with Gasteiger partial charge in [0.1, 0.15) is 17.8 Å². The van der Waals surface area contributed by atoms with Crippen molar-refractivity contribution in [3.8, 4) is 0 Å². The summed E-state index contributed by atoms with van der Waals surface area (Å²) in [4.78, 5) is 21.3. The third-order valence-electron chi connectivity index (χ3n) is 4.22. The molecular formula is C17H16BrF3N4O. The number of anilines is 2. The molecule has 0 radical (unpaired) electrons. The number of carbonyl (C=O) groups excluding carboxylic acids is 1. The lowest BCUT2D eigenvalue weighted by atomic mass is 9.95. The van der Waals surface area contributed by atoms with Crippen molar-refractivity contribution >= 4 is 33.3 Å². The lowest BCUT2D eigenvalue weighted by molar-refractivity contribution is -0.141. The highest BCUT2D eigenvalue weighted by atomic mass is 79.9. The molecular weight excluding hydrogens is 413 g/mol. The van der Waals surface area contributed by atoms with Crippen LogP contribution in [-0.2, 0) is 11.0 Å². The molecule has 1 aromatic carbocycles. The molecule has 2 heterocycles. The Morgan fingerprint density at radius 3 is 2.58 bits per heavy atom. The van der Waals surface area contributed by atoms with Crippen LogP contribution in [0.2, 0.25) is 0 Å². The summed E-state index contributed by atoms with van der Waals surface area (Å²) in [5, 5.41) is 2.87. The molecule has 2 aromatic rings. The number of hydrogen-bond acceptors (Lipinski definition) is 4. The number of nitrogens with zero attached hydrogens (tertiary/aromatic N) is 3. The maximum Gasteiger partial charge on any atom is 0.433 e. The van der Waals surface area contributed by atoms with Crippen LogP contribution < -0.4 is 10.2 Å². The van der Waals surface area contributed by atoms with E-state index in [-0.39, 0.29) is 17.6 Å². The summed E-state index contributed by atoms with van der Waals surface area (Å²) < 4.78 is 39.2. The molecule has 0 aliphatic carbocycles. The first-order chi connectivity index (χ1) is 12.3. The molecule has 0 bridgehead atoms. The maximum atomic E-state index is 12.8. The fourth-order valence-electron chi connectivity index (χ4n) is 2.86. The SMILES string of the molecule is O=C(Nc1cccc(Br)c1)C1CCN(c2cc(C(F)(F)F)ncn2)CC1. The zero-order valence-corrected chi connectivity index (χ0v) is 15.2. The van der Waals surface area contributed by atoms with Gasteiger partial charge in [-0.3, -0.25) is 4.79 Å². The number of aromatic nitrogens is 2.